The predicted molar refractivity (Wildman–Crippen MR) is 115 cm³/mol. The number of alkyl halides is 3. The molecule has 0 radical (unpaired) electrons. The summed E-state index contributed by atoms with van der Waals surface area (Å²) in [6.07, 6.45) is -4.78. The first kappa shape index (κ1) is 24.3. The van der Waals surface area contributed by atoms with Gasteiger partial charge in [0.05, 0.1) is 30.9 Å². The molecule has 0 aliphatic carbocycles. The second-order valence-corrected chi connectivity index (χ2v) is 9.29. The number of hydrogen-bond acceptors (Lipinski definition) is 2. The minimum Gasteiger partial charge on any atom is -0.361 e. The molecule has 0 saturated heterocycles. The van der Waals surface area contributed by atoms with Crippen LogP contribution in [-0.2, 0) is 28.4 Å². The Kier molecular flexibility index (Phi) is 7.53. The zero-order chi connectivity index (χ0) is 22.9. The van der Waals surface area contributed by atoms with Gasteiger partial charge < -0.3 is 9.30 Å². The lowest BCUT2D eigenvalue weighted by atomic mass is 10.1. The van der Waals surface area contributed by atoms with Crippen molar-refractivity contribution in [3.05, 3.63) is 68.5 Å². The third-order valence-electron chi connectivity index (χ3n) is 4.26. The summed E-state index contributed by atoms with van der Waals surface area (Å²) in [7, 11) is -2.13. The Hall–Kier alpha value is -1.39. The largest absolute Gasteiger partial charge is 0.432 e. The lowest BCUT2D eigenvalue weighted by Gasteiger charge is -2.16. The molecule has 11 heteroatoms. The summed E-state index contributed by atoms with van der Waals surface area (Å²) in [4.78, 5) is -0.0957. The van der Waals surface area contributed by atoms with Gasteiger partial charge in [-0.1, -0.05) is 35.3 Å². The van der Waals surface area contributed by atoms with E-state index in [1.807, 2.05) is 0 Å². The third-order valence-corrected chi connectivity index (χ3v) is 7.29. The minimum atomic E-state index is -4.78. The van der Waals surface area contributed by atoms with Gasteiger partial charge in [-0.25, -0.2) is 8.60 Å². The Morgan fingerprint density at radius 1 is 1.13 bits per heavy atom. The monoisotopic (exact) mass is 557 g/mol. The number of halogens is 7. The average molecular weight is 559 g/mol. The van der Waals surface area contributed by atoms with Gasteiger partial charge in [0.2, 0.25) is 0 Å². The van der Waals surface area contributed by atoms with Crippen LogP contribution in [0.3, 0.4) is 0 Å². The molecule has 0 amide bonds. The van der Waals surface area contributed by atoms with Gasteiger partial charge in [0, 0.05) is 16.5 Å². The van der Waals surface area contributed by atoms with Crippen molar-refractivity contribution in [2.75, 3.05) is 6.61 Å². The molecular weight excluding hydrogens is 545 g/mol. The second-order valence-electron chi connectivity index (χ2n) is 6.24. The first-order chi connectivity index (χ1) is 14.6. The van der Waals surface area contributed by atoms with E-state index < -0.39 is 39.7 Å². The highest BCUT2D eigenvalue weighted by Gasteiger charge is 2.42. The summed E-state index contributed by atoms with van der Waals surface area (Å²) < 4.78 is 74.8. The summed E-state index contributed by atoms with van der Waals surface area (Å²) in [5.41, 5.74) is -0.678. The van der Waals surface area contributed by atoms with E-state index >= 15 is 0 Å². The van der Waals surface area contributed by atoms with Gasteiger partial charge in [-0.3, -0.25) is 0 Å². The fourth-order valence-corrected chi connectivity index (χ4v) is 5.68. The number of aromatic nitrogens is 1. The molecule has 1 unspecified atom stereocenters. The molecule has 1 atom stereocenters. The molecule has 3 rings (SSSR count). The molecule has 0 bridgehead atoms. The zero-order valence-corrected chi connectivity index (χ0v) is 19.7. The molecule has 31 heavy (non-hydrogen) atoms. The van der Waals surface area contributed by atoms with Gasteiger partial charge in [-0.05, 0) is 58.7 Å². The van der Waals surface area contributed by atoms with Crippen LogP contribution < -0.4 is 0 Å². The van der Waals surface area contributed by atoms with Crippen LogP contribution >= 0.6 is 39.1 Å². The maximum absolute atomic E-state index is 14.0. The smallest absolute Gasteiger partial charge is 0.361 e. The van der Waals surface area contributed by atoms with Crippen LogP contribution in [0.5, 0.6) is 0 Å². The molecule has 0 aliphatic rings. The van der Waals surface area contributed by atoms with Crippen LogP contribution in [0.4, 0.5) is 17.6 Å². The van der Waals surface area contributed by atoms with Crippen LogP contribution in [0.1, 0.15) is 12.6 Å². The van der Waals surface area contributed by atoms with Crippen molar-refractivity contribution in [3.8, 4) is 11.3 Å². The Bertz CT molecular complexity index is 1130. The fraction of sp³-hybridized carbons (Fsp3) is 0.200. The molecule has 1 aromatic heterocycles. The highest BCUT2D eigenvalue weighted by molar-refractivity contribution is 9.10. The van der Waals surface area contributed by atoms with Gasteiger partial charge in [0.25, 0.3) is 0 Å². The lowest BCUT2D eigenvalue weighted by Crippen LogP contribution is -2.16. The molecule has 0 spiro atoms. The molecule has 0 N–H and O–H groups in total. The summed E-state index contributed by atoms with van der Waals surface area (Å²) in [5.74, 6) is -0.732. The summed E-state index contributed by atoms with van der Waals surface area (Å²) in [5, 5.41) is 0.0922. The van der Waals surface area contributed by atoms with E-state index in [1.165, 1.54) is 30.3 Å². The molecule has 0 saturated carbocycles. The van der Waals surface area contributed by atoms with E-state index in [2.05, 4.69) is 15.9 Å². The first-order valence-electron chi connectivity index (χ1n) is 8.76. The fourth-order valence-electron chi connectivity index (χ4n) is 2.93. The van der Waals surface area contributed by atoms with Gasteiger partial charge >= 0.3 is 6.18 Å². The van der Waals surface area contributed by atoms with E-state index in [0.29, 0.717) is 10.6 Å². The molecule has 166 valence electrons. The SMILES string of the molecule is CCOCn1c(-c2ccc(Cl)cc2)c(S(=O)c2ccc(F)c(Cl)c2)c(Br)c1C(F)(F)F. The van der Waals surface area contributed by atoms with Gasteiger partial charge in [0.1, 0.15) is 18.2 Å². The topological polar surface area (TPSA) is 31.2 Å². The summed E-state index contributed by atoms with van der Waals surface area (Å²) >= 11 is 14.7. The van der Waals surface area contributed by atoms with E-state index in [4.69, 9.17) is 27.9 Å². The maximum atomic E-state index is 14.0. The van der Waals surface area contributed by atoms with Crippen molar-refractivity contribution in [1.29, 1.82) is 0 Å². The predicted octanol–water partition coefficient (Wildman–Crippen LogP) is 7.54. The number of benzene rings is 2. The molecular formula is C20H14BrCl2F4NO2S. The van der Waals surface area contributed by atoms with Crippen molar-refractivity contribution >= 4 is 49.9 Å². The zero-order valence-electron chi connectivity index (χ0n) is 15.8. The molecule has 2 aromatic carbocycles. The minimum absolute atomic E-state index is 0.0306. The van der Waals surface area contributed by atoms with Gasteiger partial charge in [-0.2, -0.15) is 13.2 Å². The summed E-state index contributed by atoms with van der Waals surface area (Å²) in [6, 6.07) is 9.40. The number of rotatable bonds is 6. The number of hydrogen-bond donors (Lipinski definition) is 0. The average Bonchev–Trinajstić information content (AvgIpc) is 3.00. The molecule has 3 nitrogen and oxygen atoms in total. The second kappa shape index (κ2) is 9.62. The van der Waals surface area contributed by atoms with Crippen molar-refractivity contribution in [3.63, 3.8) is 0 Å². The molecule has 1 heterocycles. The van der Waals surface area contributed by atoms with Crippen LogP contribution in [0.25, 0.3) is 11.3 Å². The van der Waals surface area contributed by atoms with E-state index in [9.17, 15) is 21.8 Å². The Morgan fingerprint density at radius 3 is 2.32 bits per heavy atom. The van der Waals surface area contributed by atoms with Crippen LogP contribution in [0, 0.1) is 5.82 Å². The molecule has 0 aliphatic heterocycles. The van der Waals surface area contributed by atoms with Crippen molar-refractivity contribution in [2.24, 2.45) is 0 Å². The van der Waals surface area contributed by atoms with Crippen molar-refractivity contribution < 1.29 is 26.5 Å². The maximum Gasteiger partial charge on any atom is 0.432 e. The quantitative estimate of drug-likeness (QED) is 0.293. The Balaban J connectivity index is 2.35. The van der Waals surface area contributed by atoms with Crippen LogP contribution in [0.2, 0.25) is 10.0 Å². The van der Waals surface area contributed by atoms with E-state index in [-0.39, 0.29) is 27.1 Å². The number of nitrogens with zero attached hydrogens (tertiary/aromatic N) is 1. The van der Waals surface area contributed by atoms with Gasteiger partial charge in [-0.15, -0.1) is 0 Å². The summed E-state index contributed by atoms with van der Waals surface area (Å²) in [6.45, 7) is 1.38. The van der Waals surface area contributed by atoms with Gasteiger partial charge in [0.15, 0.2) is 0 Å². The van der Waals surface area contributed by atoms with E-state index in [0.717, 1.165) is 16.7 Å². The standard InChI is InChI=1S/C20H14BrCl2F4NO2S/c1-2-30-10-28-17(11-3-5-12(22)6-4-11)18(16(21)19(28)20(25,26)27)31(29)13-7-8-15(24)14(23)9-13/h3-9H,2,10H2,1H3. The van der Waals surface area contributed by atoms with Crippen LogP contribution in [-0.4, -0.2) is 15.4 Å². The van der Waals surface area contributed by atoms with Crippen molar-refractivity contribution in [2.45, 2.75) is 29.6 Å². The van der Waals surface area contributed by atoms with Crippen LogP contribution in [0.15, 0.2) is 56.7 Å². The Labute approximate surface area is 196 Å². The molecule has 0 fully saturated rings. The first-order valence-corrected chi connectivity index (χ1v) is 11.5. The third kappa shape index (κ3) is 5.01. The number of ether oxygens (including phenoxy) is 1. The highest BCUT2D eigenvalue weighted by Crippen LogP contribution is 2.46. The lowest BCUT2D eigenvalue weighted by molar-refractivity contribution is -0.146. The molecule has 3 aromatic rings. The Morgan fingerprint density at radius 2 is 1.77 bits per heavy atom. The normalized spacial score (nSPS) is 12.9. The van der Waals surface area contributed by atoms with Crippen molar-refractivity contribution in [1.82, 2.24) is 4.57 Å². The van der Waals surface area contributed by atoms with E-state index in [1.54, 1.807) is 6.92 Å². The highest BCUT2D eigenvalue weighted by atomic mass is 79.9.